The molecule has 80 valence electrons. The first kappa shape index (κ1) is 13.4. The molecule has 0 aliphatic carbocycles. The van der Waals surface area contributed by atoms with Crippen molar-refractivity contribution in [3.8, 4) is 0 Å². The van der Waals surface area contributed by atoms with E-state index in [0.29, 0.717) is 0 Å². The molecule has 0 aliphatic heterocycles. The fraction of sp³-hybridized carbons (Fsp3) is 0.143. The number of rotatable bonds is 3. The van der Waals surface area contributed by atoms with Gasteiger partial charge in [0.2, 0.25) is 0 Å². The van der Waals surface area contributed by atoms with Gasteiger partial charge in [-0.3, -0.25) is 0 Å². The molecule has 1 nitrogen and oxygen atoms in total. The molecule has 0 fully saturated rings. The highest BCUT2D eigenvalue weighted by molar-refractivity contribution is 5.74. The second kappa shape index (κ2) is 7.77. The standard InChI is InChI=1S/C13H14.CH5N/c1-4-5-8-11(2)13-10-7-6-9-12(13)3;1-2/h4-10H,1-2H2,3H3;2H2,1H3/b8-5-;. The maximum absolute atomic E-state index is 4.50. The van der Waals surface area contributed by atoms with Crippen molar-refractivity contribution in [1.29, 1.82) is 0 Å². The number of nitrogens with two attached hydrogens (primary N) is 1. The number of hydrogen-bond acceptors (Lipinski definition) is 1. The van der Waals surface area contributed by atoms with Crippen LogP contribution in [0.25, 0.3) is 5.57 Å². The van der Waals surface area contributed by atoms with Gasteiger partial charge in [-0.1, -0.05) is 55.7 Å². The first-order valence-corrected chi connectivity index (χ1v) is 4.87. The lowest BCUT2D eigenvalue weighted by molar-refractivity contribution is 1.43. The molecule has 0 saturated carbocycles. The third-order valence-corrected chi connectivity index (χ3v) is 1.92. The van der Waals surface area contributed by atoms with Crippen LogP contribution in [-0.4, -0.2) is 7.05 Å². The Bertz CT molecular complexity index is 348. The van der Waals surface area contributed by atoms with E-state index < -0.39 is 0 Å². The monoisotopic (exact) mass is 201 g/mol. The predicted molar refractivity (Wildman–Crippen MR) is 69.7 cm³/mol. The predicted octanol–water partition coefficient (Wildman–Crippen LogP) is 3.33. The van der Waals surface area contributed by atoms with E-state index in [0.717, 1.165) is 5.57 Å². The van der Waals surface area contributed by atoms with Gasteiger partial charge in [0.1, 0.15) is 0 Å². The topological polar surface area (TPSA) is 26.0 Å². The van der Waals surface area contributed by atoms with E-state index in [9.17, 15) is 0 Å². The van der Waals surface area contributed by atoms with E-state index in [1.807, 2.05) is 24.3 Å². The summed E-state index contributed by atoms with van der Waals surface area (Å²) in [5.74, 6) is 0. The highest BCUT2D eigenvalue weighted by Gasteiger charge is 1.96. The van der Waals surface area contributed by atoms with E-state index in [2.05, 4.69) is 37.9 Å². The normalized spacial score (nSPS) is 9.27. The van der Waals surface area contributed by atoms with Gasteiger partial charge >= 0.3 is 0 Å². The van der Waals surface area contributed by atoms with Crippen LogP contribution < -0.4 is 5.73 Å². The molecule has 0 unspecified atom stereocenters. The average molecular weight is 201 g/mol. The van der Waals surface area contributed by atoms with Crippen molar-refractivity contribution in [1.82, 2.24) is 0 Å². The molecule has 1 aromatic rings. The number of benzene rings is 1. The second-order valence-corrected chi connectivity index (χ2v) is 2.93. The molecule has 0 aliphatic rings. The highest BCUT2D eigenvalue weighted by Crippen LogP contribution is 2.17. The molecule has 1 aromatic carbocycles. The van der Waals surface area contributed by atoms with Gasteiger partial charge in [-0.15, -0.1) is 0 Å². The minimum Gasteiger partial charge on any atom is -0.333 e. The Kier molecular flexibility index (Phi) is 6.94. The molecule has 0 bridgehead atoms. The number of hydrogen-bond donors (Lipinski definition) is 1. The number of allylic oxidation sites excluding steroid dienone is 4. The van der Waals surface area contributed by atoms with Crippen molar-refractivity contribution in [3.05, 3.63) is 66.8 Å². The molecule has 1 heteroatoms. The second-order valence-electron chi connectivity index (χ2n) is 2.93. The van der Waals surface area contributed by atoms with E-state index >= 15 is 0 Å². The van der Waals surface area contributed by atoms with Crippen LogP contribution in [0.15, 0.2) is 55.7 Å². The minimum atomic E-state index is 1.03. The van der Waals surface area contributed by atoms with E-state index in [1.165, 1.54) is 18.2 Å². The van der Waals surface area contributed by atoms with E-state index in [-0.39, 0.29) is 0 Å². The molecular formula is C14H19N. The minimum absolute atomic E-state index is 1.03. The van der Waals surface area contributed by atoms with Gasteiger partial charge < -0.3 is 5.73 Å². The summed E-state index contributed by atoms with van der Waals surface area (Å²) in [6, 6.07) is 8.21. The van der Waals surface area contributed by atoms with Gasteiger partial charge in [0.15, 0.2) is 0 Å². The maximum Gasteiger partial charge on any atom is -0.0161 e. The Morgan fingerprint density at radius 1 is 1.27 bits per heavy atom. The van der Waals surface area contributed by atoms with Crippen LogP contribution in [0, 0.1) is 6.92 Å². The quantitative estimate of drug-likeness (QED) is 0.746. The third-order valence-electron chi connectivity index (χ3n) is 1.92. The Morgan fingerprint density at radius 3 is 2.40 bits per heavy atom. The highest BCUT2D eigenvalue weighted by atomic mass is 14.4. The Balaban J connectivity index is 0.000000921. The van der Waals surface area contributed by atoms with Crippen LogP contribution in [0.1, 0.15) is 11.1 Å². The van der Waals surface area contributed by atoms with Crippen LogP contribution in [0.4, 0.5) is 0 Å². The zero-order valence-electron chi connectivity index (χ0n) is 9.53. The summed E-state index contributed by atoms with van der Waals surface area (Å²) in [5, 5.41) is 0. The van der Waals surface area contributed by atoms with Gasteiger partial charge in [-0.2, -0.15) is 0 Å². The summed E-state index contributed by atoms with van der Waals surface area (Å²) in [4.78, 5) is 0. The zero-order chi connectivity index (χ0) is 11.7. The summed E-state index contributed by atoms with van der Waals surface area (Å²) < 4.78 is 0. The molecule has 1 rings (SSSR count). The van der Waals surface area contributed by atoms with Crippen molar-refractivity contribution < 1.29 is 0 Å². The Hall–Kier alpha value is -1.60. The molecular weight excluding hydrogens is 182 g/mol. The molecule has 0 aromatic heterocycles. The smallest absolute Gasteiger partial charge is 0.0161 e. The van der Waals surface area contributed by atoms with Crippen molar-refractivity contribution in [2.45, 2.75) is 6.92 Å². The fourth-order valence-electron chi connectivity index (χ4n) is 1.21. The third kappa shape index (κ3) is 4.43. The molecule has 0 spiro atoms. The van der Waals surface area contributed by atoms with Crippen LogP contribution in [0.2, 0.25) is 0 Å². The molecule has 0 saturated heterocycles. The number of aryl methyl sites for hydroxylation is 1. The first-order valence-electron chi connectivity index (χ1n) is 4.87. The van der Waals surface area contributed by atoms with Crippen molar-refractivity contribution >= 4 is 5.57 Å². The maximum atomic E-state index is 4.50. The van der Waals surface area contributed by atoms with Crippen LogP contribution in [-0.2, 0) is 0 Å². The average Bonchev–Trinajstić information content (AvgIpc) is 2.29. The van der Waals surface area contributed by atoms with Crippen molar-refractivity contribution in [3.63, 3.8) is 0 Å². The van der Waals surface area contributed by atoms with Crippen LogP contribution in [0.3, 0.4) is 0 Å². The molecule has 0 atom stereocenters. The molecule has 15 heavy (non-hydrogen) atoms. The molecule has 0 amide bonds. The summed E-state index contributed by atoms with van der Waals surface area (Å²) in [6.07, 6.45) is 5.62. The summed E-state index contributed by atoms with van der Waals surface area (Å²) in [5.41, 5.74) is 7.97. The molecule has 0 heterocycles. The fourth-order valence-corrected chi connectivity index (χ4v) is 1.21. The summed E-state index contributed by atoms with van der Waals surface area (Å²) in [6.45, 7) is 9.70. The molecule has 2 N–H and O–H groups in total. The lowest BCUT2D eigenvalue weighted by Gasteiger charge is -2.03. The Labute approximate surface area is 92.6 Å². The lowest BCUT2D eigenvalue weighted by atomic mass is 10.0. The lowest BCUT2D eigenvalue weighted by Crippen LogP contribution is -1.83. The SMILES string of the molecule is C=C/C=C\C(=C)c1ccccc1C.CN. The van der Waals surface area contributed by atoms with Crippen LogP contribution >= 0.6 is 0 Å². The largest absolute Gasteiger partial charge is 0.333 e. The van der Waals surface area contributed by atoms with Crippen molar-refractivity contribution in [2.75, 3.05) is 7.05 Å². The summed E-state index contributed by atoms with van der Waals surface area (Å²) >= 11 is 0. The van der Waals surface area contributed by atoms with Gasteiger partial charge in [0.25, 0.3) is 0 Å². The summed E-state index contributed by atoms with van der Waals surface area (Å²) in [7, 11) is 1.50. The van der Waals surface area contributed by atoms with Gasteiger partial charge in [0.05, 0.1) is 0 Å². The first-order chi connectivity index (χ1) is 7.25. The van der Waals surface area contributed by atoms with Gasteiger partial charge in [-0.25, -0.2) is 0 Å². The van der Waals surface area contributed by atoms with Crippen LogP contribution in [0.5, 0.6) is 0 Å². The Morgan fingerprint density at radius 2 is 1.87 bits per heavy atom. The van der Waals surface area contributed by atoms with Gasteiger partial charge in [0, 0.05) is 0 Å². The van der Waals surface area contributed by atoms with Gasteiger partial charge in [-0.05, 0) is 30.7 Å². The van der Waals surface area contributed by atoms with E-state index in [4.69, 9.17) is 0 Å². The zero-order valence-corrected chi connectivity index (χ0v) is 9.53. The molecule has 0 radical (unpaired) electrons. The van der Waals surface area contributed by atoms with Crippen molar-refractivity contribution in [2.24, 2.45) is 5.73 Å². The van der Waals surface area contributed by atoms with E-state index in [1.54, 1.807) is 6.08 Å².